The molecular weight excluding hydrogens is 276 g/mol. The number of hydrogen-bond donors (Lipinski definition) is 0. The number of morpholine rings is 1. The smallest absolute Gasteiger partial charge is 0.133 e. The van der Waals surface area contributed by atoms with Crippen LogP contribution >= 0.6 is 27.3 Å². The van der Waals surface area contributed by atoms with Gasteiger partial charge in [0.2, 0.25) is 0 Å². The van der Waals surface area contributed by atoms with Gasteiger partial charge in [0.1, 0.15) is 6.04 Å². The molecule has 0 aromatic carbocycles. The maximum atomic E-state index is 9.20. The predicted molar refractivity (Wildman–Crippen MR) is 62.8 cm³/mol. The average Bonchev–Trinajstić information content (AvgIpc) is 2.68. The predicted octanol–water partition coefficient (Wildman–Crippen LogP) is 2.41. The third kappa shape index (κ3) is 2.58. The minimum absolute atomic E-state index is 0.120. The van der Waals surface area contributed by atoms with Crippen LogP contribution in [0.15, 0.2) is 15.9 Å². The van der Waals surface area contributed by atoms with E-state index in [1.807, 2.05) is 11.4 Å². The zero-order valence-corrected chi connectivity index (χ0v) is 10.6. The Hall–Kier alpha value is -0.410. The lowest BCUT2D eigenvalue weighted by Crippen LogP contribution is -2.38. The van der Waals surface area contributed by atoms with Gasteiger partial charge in [0.25, 0.3) is 0 Å². The van der Waals surface area contributed by atoms with Crippen molar-refractivity contribution in [1.29, 1.82) is 5.26 Å². The number of nitriles is 1. The van der Waals surface area contributed by atoms with Crippen molar-refractivity contribution in [2.45, 2.75) is 6.04 Å². The molecule has 0 aliphatic carbocycles. The topological polar surface area (TPSA) is 36.3 Å². The van der Waals surface area contributed by atoms with Crippen LogP contribution in [0.2, 0.25) is 0 Å². The second kappa shape index (κ2) is 5.08. The van der Waals surface area contributed by atoms with Gasteiger partial charge in [-0.15, -0.1) is 11.3 Å². The van der Waals surface area contributed by atoms with Crippen LogP contribution < -0.4 is 0 Å². The Bertz CT molecular complexity index is 368. The fraction of sp³-hybridized carbons (Fsp3) is 0.500. The maximum Gasteiger partial charge on any atom is 0.133 e. The summed E-state index contributed by atoms with van der Waals surface area (Å²) in [5, 5.41) is 11.2. The SMILES string of the molecule is N#CC(c1cc(Br)cs1)N1CCOCC1. The van der Waals surface area contributed by atoms with E-state index >= 15 is 0 Å². The van der Waals surface area contributed by atoms with E-state index in [9.17, 15) is 5.26 Å². The van der Waals surface area contributed by atoms with Gasteiger partial charge in [0, 0.05) is 27.8 Å². The molecule has 1 aliphatic rings. The van der Waals surface area contributed by atoms with Crippen LogP contribution in [0.4, 0.5) is 0 Å². The second-order valence-electron chi connectivity index (χ2n) is 3.35. The first-order valence-corrected chi connectivity index (χ1v) is 6.44. The summed E-state index contributed by atoms with van der Waals surface area (Å²) in [5.74, 6) is 0. The molecule has 1 aromatic heterocycles. The van der Waals surface area contributed by atoms with Crippen molar-refractivity contribution in [2.24, 2.45) is 0 Å². The molecule has 0 radical (unpaired) electrons. The van der Waals surface area contributed by atoms with Crippen LogP contribution in [-0.4, -0.2) is 31.2 Å². The van der Waals surface area contributed by atoms with Gasteiger partial charge in [-0.2, -0.15) is 5.26 Å². The van der Waals surface area contributed by atoms with Crippen molar-refractivity contribution in [3.05, 3.63) is 20.8 Å². The molecule has 0 saturated carbocycles. The fourth-order valence-electron chi connectivity index (χ4n) is 1.63. The highest BCUT2D eigenvalue weighted by atomic mass is 79.9. The van der Waals surface area contributed by atoms with E-state index in [-0.39, 0.29) is 6.04 Å². The van der Waals surface area contributed by atoms with Gasteiger partial charge in [-0.3, -0.25) is 4.90 Å². The van der Waals surface area contributed by atoms with Crippen molar-refractivity contribution in [2.75, 3.05) is 26.3 Å². The Balaban J connectivity index is 2.13. The molecular formula is C10H11BrN2OS. The van der Waals surface area contributed by atoms with Crippen LogP contribution in [0, 0.1) is 11.3 Å². The highest BCUT2D eigenvalue weighted by Gasteiger charge is 2.23. The van der Waals surface area contributed by atoms with E-state index in [0.29, 0.717) is 0 Å². The molecule has 1 unspecified atom stereocenters. The van der Waals surface area contributed by atoms with Gasteiger partial charge in [-0.05, 0) is 22.0 Å². The minimum Gasteiger partial charge on any atom is -0.379 e. The van der Waals surface area contributed by atoms with Crippen molar-refractivity contribution in [3.8, 4) is 6.07 Å². The zero-order valence-electron chi connectivity index (χ0n) is 8.15. The Morgan fingerprint density at radius 3 is 2.80 bits per heavy atom. The summed E-state index contributed by atoms with van der Waals surface area (Å²) in [5.41, 5.74) is 0. The molecule has 2 rings (SSSR count). The van der Waals surface area contributed by atoms with Crippen molar-refractivity contribution < 1.29 is 4.74 Å². The average molecular weight is 287 g/mol. The Morgan fingerprint density at radius 2 is 2.27 bits per heavy atom. The molecule has 80 valence electrons. The normalized spacial score (nSPS) is 19.7. The number of nitrogens with zero attached hydrogens (tertiary/aromatic N) is 2. The lowest BCUT2D eigenvalue weighted by Gasteiger charge is -2.29. The Labute approximate surface area is 101 Å². The molecule has 2 heterocycles. The van der Waals surface area contributed by atoms with Crippen molar-refractivity contribution >= 4 is 27.3 Å². The van der Waals surface area contributed by atoms with Gasteiger partial charge in [0.15, 0.2) is 0 Å². The standard InChI is InChI=1S/C10H11BrN2OS/c11-8-5-10(15-7-8)9(6-12)13-1-3-14-4-2-13/h5,7,9H,1-4H2. The first-order valence-electron chi connectivity index (χ1n) is 4.76. The van der Waals surface area contributed by atoms with Gasteiger partial charge in [-0.1, -0.05) is 0 Å². The lowest BCUT2D eigenvalue weighted by atomic mass is 10.2. The Morgan fingerprint density at radius 1 is 1.53 bits per heavy atom. The molecule has 0 bridgehead atoms. The molecule has 1 atom stereocenters. The number of ether oxygens (including phenoxy) is 1. The molecule has 15 heavy (non-hydrogen) atoms. The quantitative estimate of drug-likeness (QED) is 0.838. The van der Waals surface area contributed by atoms with Crippen LogP contribution in [-0.2, 0) is 4.74 Å². The van der Waals surface area contributed by atoms with E-state index in [1.165, 1.54) is 0 Å². The van der Waals surface area contributed by atoms with E-state index in [4.69, 9.17) is 4.74 Å². The molecule has 5 heteroatoms. The summed E-state index contributed by atoms with van der Waals surface area (Å²) in [6.07, 6.45) is 0. The summed E-state index contributed by atoms with van der Waals surface area (Å²) < 4.78 is 6.33. The third-order valence-electron chi connectivity index (χ3n) is 2.39. The molecule has 3 nitrogen and oxygen atoms in total. The molecule has 0 spiro atoms. The monoisotopic (exact) mass is 286 g/mol. The molecule has 1 saturated heterocycles. The molecule has 0 amide bonds. The highest BCUT2D eigenvalue weighted by molar-refractivity contribution is 9.10. The lowest BCUT2D eigenvalue weighted by molar-refractivity contribution is 0.0272. The summed E-state index contributed by atoms with van der Waals surface area (Å²) in [6.45, 7) is 3.14. The molecule has 1 aliphatic heterocycles. The summed E-state index contributed by atoms with van der Waals surface area (Å²) in [6, 6.07) is 4.26. The fourth-order valence-corrected chi connectivity index (χ4v) is 3.15. The van der Waals surface area contributed by atoms with Gasteiger partial charge in [-0.25, -0.2) is 0 Å². The molecule has 0 N–H and O–H groups in total. The molecule has 1 fully saturated rings. The first kappa shape index (κ1) is 11.1. The van der Waals surface area contributed by atoms with Crippen LogP contribution in [0.25, 0.3) is 0 Å². The summed E-state index contributed by atoms with van der Waals surface area (Å²) in [7, 11) is 0. The number of rotatable bonds is 2. The summed E-state index contributed by atoms with van der Waals surface area (Å²) >= 11 is 5.04. The van der Waals surface area contributed by atoms with Crippen molar-refractivity contribution in [1.82, 2.24) is 4.90 Å². The maximum absolute atomic E-state index is 9.20. The third-order valence-corrected chi connectivity index (χ3v) is 4.14. The Kier molecular flexibility index (Phi) is 3.76. The van der Waals surface area contributed by atoms with Crippen LogP contribution in [0.3, 0.4) is 0 Å². The number of thiophene rings is 1. The van der Waals surface area contributed by atoms with E-state index in [2.05, 4.69) is 26.9 Å². The zero-order chi connectivity index (χ0) is 10.7. The highest BCUT2D eigenvalue weighted by Crippen LogP contribution is 2.29. The molecule has 1 aromatic rings. The van der Waals surface area contributed by atoms with E-state index in [1.54, 1.807) is 11.3 Å². The number of halogens is 1. The summed E-state index contributed by atoms with van der Waals surface area (Å²) in [4.78, 5) is 3.27. The van der Waals surface area contributed by atoms with Crippen LogP contribution in [0.5, 0.6) is 0 Å². The van der Waals surface area contributed by atoms with E-state index < -0.39 is 0 Å². The number of hydrogen-bond acceptors (Lipinski definition) is 4. The van der Waals surface area contributed by atoms with Gasteiger partial charge < -0.3 is 4.74 Å². The van der Waals surface area contributed by atoms with Crippen LogP contribution in [0.1, 0.15) is 10.9 Å². The first-order chi connectivity index (χ1) is 7.31. The second-order valence-corrected chi connectivity index (χ2v) is 5.21. The van der Waals surface area contributed by atoms with Crippen molar-refractivity contribution in [3.63, 3.8) is 0 Å². The van der Waals surface area contributed by atoms with Gasteiger partial charge in [0.05, 0.1) is 19.3 Å². The minimum atomic E-state index is -0.120. The van der Waals surface area contributed by atoms with E-state index in [0.717, 1.165) is 35.7 Å². The largest absolute Gasteiger partial charge is 0.379 e. The van der Waals surface area contributed by atoms with Gasteiger partial charge >= 0.3 is 0 Å².